The average Bonchev–Trinajstić information content (AvgIpc) is 2.72. The molecular weight excluding hydrogens is 218 g/mol. The SMILES string of the molecule is CCCCN1Cc2ccccc2C12CCCCC2. The van der Waals surface area contributed by atoms with Crippen molar-refractivity contribution in [2.45, 2.75) is 64.0 Å². The molecule has 1 saturated carbocycles. The number of rotatable bonds is 3. The third kappa shape index (κ3) is 1.89. The maximum Gasteiger partial charge on any atom is 0.0467 e. The molecule has 98 valence electrons. The van der Waals surface area contributed by atoms with Crippen LogP contribution in [-0.2, 0) is 12.1 Å². The van der Waals surface area contributed by atoms with Gasteiger partial charge < -0.3 is 0 Å². The van der Waals surface area contributed by atoms with E-state index >= 15 is 0 Å². The monoisotopic (exact) mass is 243 g/mol. The van der Waals surface area contributed by atoms with Gasteiger partial charge in [0.25, 0.3) is 0 Å². The van der Waals surface area contributed by atoms with Crippen molar-refractivity contribution in [3.63, 3.8) is 0 Å². The molecule has 2 aliphatic rings. The second-order valence-electron chi connectivity index (χ2n) is 6.02. The van der Waals surface area contributed by atoms with Gasteiger partial charge in [0.15, 0.2) is 0 Å². The third-order valence-corrected chi connectivity index (χ3v) is 4.95. The Morgan fingerprint density at radius 3 is 2.67 bits per heavy atom. The molecule has 0 saturated heterocycles. The highest BCUT2D eigenvalue weighted by molar-refractivity contribution is 5.38. The zero-order chi connectivity index (χ0) is 12.4. The second kappa shape index (κ2) is 5.05. The molecule has 0 bridgehead atoms. The summed E-state index contributed by atoms with van der Waals surface area (Å²) in [5.41, 5.74) is 3.65. The lowest BCUT2D eigenvalue weighted by Gasteiger charge is -2.42. The van der Waals surface area contributed by atoms with Gasteiger partial charge in [-0.2, -0.15) is 0 Å². The van der Waals surface area contributed by atoms with Gasteiger partial charge in [-0.1, -0.05) is 56.9 Å². The lowest BCUT2D eigenvalue weighted by molar-refractivity contribution is 0.0600. The van der Waals surface area contributed by atoms with E-state index in [1.807, 2.05) is 0 Å². The highest BCUT2D eigenvalue weighted by Gasteiger charge is 2.44. The van der Waals surface area contributed by atoms with Crippen molar-refractivity contribution in [1.29, 1.82) is 0 Å². The Hall–Kier alpha value is -0.820. The van der Waals surface area contributed by atoms with Crippen molar-refractivity contribution < 1.29 is 0 Å². The Kier molecular flexibility index (Phi) is 3.43. The first-order valence-corrected chi connectivity index (χ1v) is 7.70. The van der Waals surface area contributed by atoms with Gasteiger partial charge in [0, 0.05) is 12.1 Å². The van der Waals surface area contributed by atoms with Crippen molar-refractivity contribution in [2.24, 2.45) is 0 Å². The van der Waals surface area contributed by atoms with Gasteiger partial charge in [-0.25, -0.2) is 0 Å². The minimum absolute atomic E-state index is 0.407. The average molecular weight is 243 g/mol. The van der Waals surface area contributed by atoms with Gasteiger partial charge in [0.1, 0.15) is 0 Å². The molecule has 18 heavy (non-hydrogen) atoms. The molecule has 0 atom stereocenters. The number of unbranched alkanes of at least 4 members (excludes halogenated alkanes) is 1. The van der Waals surface area contributed by atoms with Crippen molar-refractivity contribution in [1.82, 2.24) is 4.90 Å². The van der Waals surface area contributed by atoms with Crippen LogP contribution in [0, 0.1) is 0 Å². The summed E-state index contributed by atoms with van der Waals surface area (Å²) in [6.07, 6.45) is 9.68. The molecule has 1 aliphatic carbocycles. The van der Waals surface area contributed by atoms with Gasteiger partial charge in [-0.15, -0.1) is 0 Å². The molecule has 1 spiro atoms. The van der Waals surface area contributed by atoms with Gasteiger partial charge in [-0.3, -0.25) is 4.90 Å². The number of benzene rings is 1. The lowest BCUT2D eigenvalue weighted by Crippen LogP contribution is -2.43. The van der Waals surface area contributed by atoms with Crippen LogP contribution in [0.1, 0.15) is 63.0 Å². The molecule has 0 unspecified atom stereocenters. The zero-order valence-electron chi connectivity index (χ0n) is 11.6. The number of hydrogen-bond acceptors (Lipinski definition) is 1. The van der Waals surface area contributed by atoms with E-state index in [4.69, 9.17) is 0 Å². The van der Waals surface area contributed by atoms with Crippen LogP contribution in [0.5, 0.6) is 0 Å². The molecule has 1 aliphatic heterocycles. The molecule has 1 aromatic rings. The van der Waals surface area contributed by atoms with Crippen LogP contribution in [0.15, 0.2) is 24.3 Å². The highest BCUT2D eigenvalue weighted by atomic mass is 15.2. The van der Waals surface area contributed by atoms with E-state index in [9.17, 15) is 0 Å². The van der Waals surface area contributed by atoms with E-state index in [1.54, 1.807) is 11.1 Å². The summed E-state index contributed by atoms with van der Waals surface area (Å²) in [6, 6.07) is 9.18. The minimum Gasteiger partial charge on any atom is -0.289 e. The summed E-state index contributed by atoms with van der Waals surface area (Å²) < 4.78 is 0. The predicted molar refractivity (Wildman–Crippen MR) is 76.5 cm³/mol. The summed E-state index contributed by atoms with van der Waals surface area (Å²) in [5.74, 6) is 0. The largest absolute Gasteiger partial charge is 0.289 e. The second-order valence-corrected chi connectivity index (χ2v) is 6.02. The van der Waals surface area contributed by atoms with Crippen LogP contribution < -0.4 is 0 Å². The fourth-order valence-electron chi connectivity index (χ4n) is 4.00. The van der Waals surface area contributed by atoms with Crippen molar-refractivity contribution >= 4 is 0 Å². The maximum absolute atomic E-state index is 2.79. The van der Waals surface area contributed by atoms with Gasteiger partial charge in [0.05, 0.1) is 0 Å². The molecule has 1 heteroatoms. The van der Waals surface area contributed by atoms with E-state index < -0.39 is 0 Å². The molecule has 1 nitrogen and oxygen atoms in total. The van der Waals surface area contributed by atoms with Crippen LogP contribution in [0.2, 0.25) is 0 Å². The minimum atomic E-state index is 0.407. The highest BCUT2D eigenvalue weighted by Crippen LogP contribution is 2.48. The van der Waals surface area contributed by atoms with Gasteiger partial charge >= 0.3 is 0 Å². The van der Waals surface area contributed by atoms with E-state index in [0.29, 0.717) is 5.54 Å². The number of nitrogens with zero attached hydrogens (tertiary/aromatic N) is 1. The molecule has 3 rings (SSSR count). The first-order chi connectivity index (χ1) is 8.87. The standard InChI is InChI=1S/C17H25N/c1-2-3-13-18-14-15-9-5-6-10-16(15)17(18)11-7-4-8-12-17/h5-6,9-10H,2-4,7-8,11-14H2,1H3. The van der Waals surface area contributed by atoms with Crippen molar-refractivity contribution in [3.05, 3.63) is 35.4 Å². The lowest BCUT2D eigenvalue weighted by atomic mass is 9.76. The van der Waals surface area contributed by atoms with E-state index in [-0.39, 0.29) is 0 Å². The van der Waals surface area contributed by atoms with Crippen molar-refractivity contribution in [3.8, 4) is 0 Å². The summed E-state index contributed by atoms with van der Waals surface area (Å²) >= 11 is 0. The van der Waals surface area contributed by atoms with Crippen LogP contribution in [0.25, 0.3) is 0 Å². The Labute approximate surface area is 111 Å². The van der Waals surface area contributed by atoms with Gasteiger partial charge in [-0.05, 0) is 36.9 Å². The fraction of sp³-hybridized carbons (Fsp3) is 0.647. The van der Waals surface area contributed by atoms with Crippen LogP contribution >= 0.6 is 0 Å². The molecule has 0 amide bonds. The van der Waals surface area contributed by atoms with Crippen molar-refractivity contribution in [2.75, 3.05) is 6.54 Å². The first-order valence-electron chi connectivity index (χ1n) is 7.70. The molecule has 0 aromatic heterocycles. The Balaban J connectivity index is 1.93. The summed E-state index contributed by atoms with van der Waals surface area (Å²) in [6.45, 7) is 4.78. The topological polar surface area (TPSA) is 3.24 Å². The summed E-state index contributed by atoms with van der Waals surface area (Å²) in [7, 11) is 0. The molecule has 1 heterocycles. The fourth-order valence-corrected chi connectivity index (χ4v) is 4.00. The smallest absolute Gasteiger partial charge is 0.0467 e. The maximum atomic E-state index is 2.79. The van der Waals surface area contributed by atoms with Crippen LogP contribution in [0.4, 0.5) is 0 Å². The first kappa shape index (κ1) is 12.2. The number of fused-ring (bicyclic) bond motifs is 2. The molecular formula is C17H25N. The van der Waals surface area contributed by atoms with Crippen LogP contribution in [0.3, 0.4) is 0 Å². The summed E-state index contributed by atoms with van der Waals surface area (Å²) in [4.78, 5) is 2.79. The zero-order valence-corrected chi connectivity index (χ0v) is 11.6. The normalized spacial score (nSPS) is 22.3. The molecule has 1 aromatic carbocycles. The Morgan fingerprint density at radius 2 is 1.89 bits per heavy atom. The quantitative estimate of drug-likeness (QED) is 0.757. The van der Waals surface area contributed by atoms with E-state index in [2.05, 4.69) is 36.1 Å². The molecule has 0 N–H and O–H groups in total. The third-order valence-electron chi connectivity index (χ3n) is 4.95. The van der Waals surface area contributed by atoms with Gasteiger partial charge in [0.2, 0.25) is 0 Å². The van der Waals surface area contributed by atoms with E-state index in [0.717, 1.165) is 0 Å². The summed E-state index contributed by atoms with van der Waals surface area (Å²) in [5, 5.41) is 0. The molecule has 0 radical (unpaired) electrons. The number of hydrogen-bond donors (Lipinski definition) is 0. The van der Waals surface area contributed by atoms with Crippen LogP contribution in [-0.4, -0.2) is 11.4 Å². The Bertz CT molecular complexity index is 404. The predicted octanol–water partition coefficient (Wildman–Crippen LogP) is 4.46. The van der Waals surface area contributed by atoms with E-state index in [1.165, 1.54) is 58.0 Å². The molecule has 1 fully saturated rings. The Morgan fingerprint density at radius 1 is 1.11 bits per heavy atom.